The molecule has 0 saturated carbocycles. The molecule has 0 radical (unpaired) electrons. The Morgan fingerprint density at radius 3 is 2.46 bits per heavy atom. The Labute approximate surface area is 286 Å². The monoisotopic (exact) mass is 674 g/mol. The Morgan fingerprint density at radius 1 is 1.19 bits per heavy atom. The highest BCUT2D eigenvalue weighted by atomic mass is 16.6. The van der Waals surface area contributed by atoms with Crippen LogP contribution < -0.4 is 0 Å². The molecule has 0 spiro atoms. The first-order valence-corrected chi connectivity index (χ1v) is 17.4. The highest BCUT2D eigenvalue weighted by Gasteiger charge is 2.47. The molecule has 0 bridgehead atoms. The molecule has 11 heteroatoms. The number of ketones is 2. The van der Waals surface area contributed by atoms with E-state index >= 15 is 0 Å². The molecule has 8 atom stereocenters. The quantitative estimate of drug-likeness (QED) is 0.125. The number of aliphatic hydroxyl groups excluding tert-OH is 1. The van der Waals surface area contributed by atoms with E-state index in [1.54, 1.807) is 43.1 Å². The van der Waals surface area contributed by atoms with Crippen LogP contribution in [0.25, 0.3) is 0 Å². The Kier molecular flexibility index (Phi) is 14.0. The third-order valence-electron chi connectivity index (χ3n) is 9.76. The van der Waals surface area contributed by atoms with Crippen LogP contribution in [0.3, 0.4) is 0 Å². The van der Waals surface area contributed by atoms with Crippen LogP contribution in [0.2, 0.25) is 0 Å². The molecule has 3 aliphatic rings. The Hall–Kier alpha value is -2.99. The Morgan fingerprint density at radius 2 is 1.85 bits per heavy atom. The highest BCUT2D eigenvalue weighted by Crippen LogP contribution is 2.36. The standard InChI is InChI=1S/C37H58N2O9/c1-9-30(42)27(6)34-31(47-34)22-36(7,44)15-10-11-25(4)33-26(5)12-13-32(37(8,45)16-14-28(41)21-29(23-40)46-33)48-35(43)39-19-17-38(18-20-39)24(2)3/h10-13,15,23-24,26-27,31-34,40,44-45H,9,14,16-22H2,1-8H3/b13-12+,15-10+,25-11+,29-23-. The van der Waals surface area contributed by atoms with Crippen LogP contribution in [0, 0.1) is 11.8 Å². The number of amides is 1. The first-order valence-electron chi connectivity index (χ1n) is 17.4. The summed E-state index contributed by atoms with van der Waals surface area (Å²) in [6.07, 6.45) is 7.58. The van der Waals surface area contributed by atoms with Crippen LogP contribution in [-0.4, -0.2) is 111 Å². The molecule has 3 aliphatic heterocycles. The molecule has 0 aromatic carbocycles. The minimum absolute atomic E-state index is 0.00748. The number of allylic oxidation sites excluding steroid dienone is 3. The van der Waals surface area contributed by atoms with Crippen molar-refractivity contribution < 1.29 is 43.9 Å². The molecule has 2 fully saturated rings. The zero-order valence-corrected chi connectivity index (χ0v) is 30.1. The van der Waals surface area contributed by atoms with Crippen LogP contribution in [-0.2, 0) is 23.8 Å². The molecule has 0 aliphatic carbocycles. The molecule has 48 heavy (non-hydrogen) atoms. The van der Waals surface area contributed by atoms with E-state index in [1.807, 2.05) is 33.8 Å². The summed E-state index contributed by atoms with van der Waals surface area (Å²) in [5.41, 5.74) is -1.96. The SMILES string of the molecule is CCC(=O)C(C)C1OC1CC(C)(O)/C=C/C=C(\C)C1O/C(=C\O)CC(=O)CCC(C)(O)C(OC(=O)N2CCN(C(C)C)CC2)/C=C/C1C. The molecular weight excluding hydrogens is 616 g/mol. The van der Waals surface area contributed by atoms with Gasteiger partial charge in [-0.2, -0.15) is 0 Å². The number of hydrogen-bond acceptors (Lipinski definition) is 10. The second-order valence-corrected chi connectivity index (χ2v) is 14.5. The van der Waals surface area contributed by atoms with Gasteiger partial charge in [0, 0.05) is 63.3 Å². The molecule has 3 N–H and O–H groups in total. The van der Waals surface area contributed by atoms with Gasteiger partial charge < -0.3 is 34.4 Å². The van der Waals surface area contributed by atoms with Crippen molar-refractivity contribution in [2.75, 3.05) is 26.2 Å². The van der Waals surface area contributed by atoms with Crippen molar-refractivity contribution in [3.8, 4) is 0 Å². The largest absolute Gasteiger partial charge is 0.512 e. The number of epoxide rings is 1. The van der Waals surface area contributed by atoms with E-state index < -0.39 is 29.5 Å². The summed E-state index contributed by atoms with van der Waals surface area (Å²) >= 11 is 0. The number of ether oxygens (including phenoxy) is 3. The molecular formula is C37H58N2O9. The van der Waals surface area contributed by atoms with E-state index in [0.717, 1.165) is 24.9 Å². The summed E-state index contributed by atoms with van der Waals surface area (Å²) in [6, 6.07) is 0.382. The van der Waals surface area contributed by atoms with Gasteiger partial charge in [0.15, 0.2) is 6.10 Å². The maximum Gasteiger partial charge on any atom is 0.410 e. The highest BCUT2D eigenvalue weighted by molar-refractivity contribution is 5.81. The number of nitrogens with zero attached hydrogens (tertiary/aromatic N) is 2. The number of carbonyl (C=O) groups is 3. The van der Waals surface area contributed by atoms with Crippen molar-refractivity contribution in [3.05, 3.63) is 48.0 Å². The van der Waals surface area contributed by atoms with Crippen molar-refractivity contribution in [1.29, 1.82) is 0 Å². The number of aliphatic hydroxyl groups is 3. The second kappa shape index (κ2) is 17.1. The van der Waals surface area contributed by atoms with Gasteiger partial charge in [-0.15, -0.1) is 0 Å². The third-order valence-corrected chi connectivity index (χ3v) is 9.76. The number of piperazine rings is 1. The van der Waals surface area contributed by atoms with E-state index in [2.05, 4.69) is 18.7 Å². The topological polar surface area (TPSA) is 149 Å². The van der Waals surface area contributed by atoms with Gasteiger partial charge in [0.2, 0.25) is 0 Å². The molecule has 3 rings (SSSR count). The van der Waals surface area contributed by atoms with Crippen LogP contribution in [0.1, 0.15) is 87.5 Å². The van der Waals surface area contributed by atoms with Crippen molar-refractivity contribution >= 4 is 17.7 Å². The lowest BCUT2D eigenvalue weighted by atomic mass is 9.89. The Bertz CT molecular complexity index is 1240. The lowest BCUT2D eigenvalue weighted by Gasteiger charge is -2.38. The molecule has 1 amide bonds. The van der Waals surface area contributed by atoms with Crippen LogP contribution in [0.15, 0.2) is 48.0 Å². The van der Waals surface area contributed by atoms with Crippen LogP contribution in [0.4, 0.5) is 4.79 Å². The van der Waals surface area contributed by atoms with Gasteiger partial charge in [-0.05, 0) is 52.7 Å². The second-order valence-electron chi connectivity index (χ2n) is 14.5. The molecule has 270 valence electrons. The normalized spacial score (nSPS) is 33.0. The number of carbonyl (C=O) groups excluding carboxylic acids is 3. The summed E-state index contributed by atoms with van der Waals surface area (Å²) in [4.78, 5) is 42.1. The summed E-state index contributed by atoms with van der Waals surface area (Å²) in [6.45, 7) is 17.4. The van der Waals surface area contributed by atoms with Gasteiger partial charge in [0.1, 0.15) is 35.3 Å². The first kappa shape index (κ1) is 39.4. The van der Waals surface area contributed by atoms with Crippen molar-refractivity contribution in [3.63, 3.8) is 0 Å². The summed E-state index contributed by atoms with van der Waals surface area (Å²) in [7, 11) is 0. The molecule has 2 saturated heterocycles. The maximum absolute atomic E-state index is 13.2. The fraction of sp³-hybridized carbons (Fsp3) is 0.703. The van der Waals surface area contributed by atoms with Crippen molar-refractivity contribution in [1.82, 2.24) is 9.80 Å². The summed E-state index contributed by atoms with van der Waals surface area (Å²) in [5, 5.41) is 32.4. The molecule has 0 aromatic rings. The number of Topliss-reactive ketones (excluding diaryl/α,β-unsaturated/α-hetero) is 2. The van der Waals surface area contributed by atoms with Gasteiger partial charge in [0.05, 0.1) is 24.2 Å². The predicted octanol–water partition coefficient (Wildman–Crippen LogP) is 5.02. The van der Waals surface area contributed by atoms with Gasteiger partial charge >= 0.3 is 6.09 Å². The van der Waals surface area contributed by atoms with Gasteiger partial charge in [-0.1, -0.05) is 45.1 Å². The minimum Gasteiger partial charge on any atom is -0.512 e. The summed E-state index contributed by atoms with van der Waals surface area (Å²) < 4.78 is 17.8. The average molecular weight is 675 g/mol. The van der Waals surface area contributed by atoms with E-state index in [-0.39, 0.29) is 60.6 Å². The van der Waals surface area contributed by atoms with Gasteiger partial charge in [0.25, 0.3) is 0 Å². The molecule has 8 unspecified atom stereocenters. The lowest BCUT2D eigenvalue weighted by Crippen LogP contribution is -2.52. The number of hydrogen-bond donors (Lipinski definition) is 3. The fourth-order valence-corrected chi connectivity index (χ4v) is 6.31. The van der Waals surface area contributed by atoms with Crippen LogP contribution >= 0.6 is 0 Å². The van der Waals surface area contributed by atoms with Gasteiger partial charge in [-0.3, -0.25) is 14.5 Å². The molecule has 3 heterocycles. The zero-order valence-electron chi connectivity index (χ0n) is 30.1. The average Bonchev–Trinajstić information content (AvgIpc) is 3.80. The number of rotatable bonds is 10. The van der Waals surface area contributed by atoms with E-state index in [4.69, 9.17) is 14.2 Å². The maximum atomic E-state index is 13.2. The lowest BCUT2D eigenvalue weighted by molar-refractivity contribution is -0.123. The van der Waals surface area contributed by atoms with E-state index in [0.29, 0.717) is 32.0 Å². The molecule has 11 nitrogen and oxygen atoms in total. The minimum atomic E-state index is -1.52. The molecule has 0 aromatic heterocycles. The first-order chi connectivity index (χ1) is 22.5. The van der Waals surface area contributed by atoms with E-state index in [9.17, 15) is 29.7 Å². The smallest absolute Gasteiger partial charge is 0.410 e. The Balaban J connectivity index is 1.78. The third kappa shape index (κ3) is 11.3. The zero-order chi connectivity index (χ0) is 35.8. The van der Waals surface area contributed by atoms with Crippen molar-refractivity contribution in [2.45, 2.75) is 129 Å². The fourth-order valence-electron chi connectivity index (χ4n) is 6.31. The van der Waals surface area contributed by atoms with Crippen molar-refractivity contribution in [2.24, 2.45) is 11.8 Å². The van der Waals surface area contributed by atoms with Gasteiger partial charge in [-0.25, -0.2) is 4.79 Å². The summed E-state index contributed by atoms with van der Waals surface area (Å²) in [5.74, 6) is -0.547. The predicted molar refractivity (Wildman–Crippen MR) is 183 cm³/mol. The van der Waals surface area contributed by atoms with E-state index in [1.165, 1.54) is 0 Å². The van der Waals surface area contributed by atoms with Crippen LogP contribution in [0.5, 0.6) is 0 Å².